The Kier molecular flexibility index (Phi) is 8.26. The van der Waals surface area contributed by atoms with E-state index in [1.54, 1.807) is 0 Å². The van der Waals surface area contributed by atoms with Gasteiger partial charge >= 0.3 is 5.97 Å². The van der Waals surface area contributed by atoms with Crippen molar-refractivity contribution in [1.82, 2.24) is 9.97 Å². The third kappa shape index (κ3) is 6.90. The Hall–Kier alpha value is -4.23. The molecule has 1 heterocycles. The summed E-state index contributed by atoms with van der Waals surface area (Å²) in [5.41, 5.74) is 16.6. The number of hydrogen-bond acceptors (Lipinski definition) is 6. The number of aromatic nitrogens is 2. The fraction of sp³-hybridized carbons (Fsp3) is 0.207. The van der Waals surface area contributed by atoms with Gasteiger partial charge in [-0.05, 0) is 42.4 Å². The van der Waals surface area contributed by atoms with Crippen LogP contribution in [-0.2, 0) is 17.6 Å². The van der Waals surface area contributed by atoms with Gasteiger partial charge in [-0.3, -0.25) is 4.79 Å². The Morgan fingerprint density at radius 3 is 2.22 bits per heavy atom. The third-order valence-corrected chi connectivity index (χ3v) is 6.09. The molecule has 0 fully saturated rings. The molecular formula is C29H31N5O2. The molecule has 0 radical (unpaired) electrons. The Labute approximate surface area is 211 Å². The first kappa shape index (κ1) is 24.9. The van der Waals surface area contributed by atoms with Crippen LogP contribution in [0, 0.1) is 0 Å². The maximum atomic E-state index is 11.0. The van der Waals surface area contributed by atoms with Crippen molar-refractivity contribution >= 4 is 17.7 Å². The number of nitrogens with zero attached hydrogens (tertiary/aromatic N) is 2. The van der Waals surface area contributed by atoms with Crippen LogP contribution in [0.3, 0.4) is 0 Å². The minimum absolute atomic E-state index is 0.0666. The summed E-state index contributed by atoms with van der Waals surface area (Å²) < 4.78 is 0. The number of carboxylic acids is 1. The average molecular weight is 482 g/mol. The minimum atomic E-state index is -1.02. The van der Waals surface area contributed by atoms with E-state index < -0.39 is 12.0 Å². The van der Waals surface area contributed by atoms with E-state index in [0.29, 0.717) is 11.5 Å². The number of rotatable bonds is 11. The molecular weight excluding hydrogens is 450 g/mol. The summed E-state index contributed by atoms with van der Waals surface area (Å²) in [5.74, 6) is -0.179. The highest BCUT2D eigenvalue weighted by atomic mass is 16.4. The van der Waals surface area contributed by atoms with Crippen molar-refractivity contribution in [3.63, 3.8) is 0 Å². The third-order valence-electron chi connectivity index (χ3n) is 6.09. The Bertz CT molecular complexity index is 1260. The van der Waals surface area contributed by atoms with E-state index in [4.69, 9.17) is 16.6 Å². The molecule has 0 aliphatic carbocycles. The molecule has 3 aromatic carbocycles. The number of aryl methyl sites for hydroxylation is 1. The van der Waals surface area contributed by atoms with E-state index in [2.05, 4.69) is 51.7 Å². The Morgan fingerprint density at radius 2 is 1.56 bits per heavy atom. The molecule has 0 amide bonds. The molecule has 4 rings (SSSR count). The molecule has 0 saturated carbocycles. The highest BCUT2D eigenvalue weighted by Gasteiger charge is 2.15. The lowest BCUT2D eigenvalue weighted by Gasteiger charge is -2.20. The van der Waals surface area contributed by atoms with Crippen LogP contribution in [0.25, 0.3) is 11.3 Å². The molecule has 0 aliphatic rings. The zero-order valence-electron chi connectivity index (χ0n) is 20.0. The summed E-state index contributed by atoms with van der Waals surface area (Å²) >= 11 is 0. The lowest BCUT2D eigenvalue weighted by molar-refractivity contribution is -0.138. The molecule has 1 aromatic heterocycles. The van der Waals surface area contributed by atoms with E-state index in [9.17, 15) is 4.79 Å². The van der Waals surface area contributed by atoms with Gasteiger partial charge in [-0.25, -0.2) is 4.98 Å². The fourth-order valence-corrected chi connectivity index (χ4v) is 4.18. The van der Waals surface area contributed by atoms with Crippen LogP contribution >= 0.6 is 0 Å². The predicted octanol–water partition coefficient (Wildman–Crippen LogP) is 4.86. The molecule has 0 saturated heterocycles. The van der Waals surface area contributed by atoms with Crippen LogP contribution in [0.2, 0.25) is 0 Å². The van der Waals surface area contributed by atoms with Gasteiger partial charge in [-0.15, -0.1) is 0 Å². The number of nitrogens with one attached hydrogen (secondary N) is 1. The monoisotopic (exact) mass is 481 g/mol. The summed E-state index contributed by atoms with van der Waals surface area (Å²) in [6.07, 6.45) is 3.21. The average Bonchev–Trinajstić information content (AvgIpc) is 2.89. The second kappa shape index (κ2) is 12.0. The van der Waals surface area contributed by atoms with Gasteiger partial charge in [0.1, 0.15) is 11.9 Å². The van der Waals surface area contributed by atoms with Crippen molar-refractivity contribution < 1.29 is 9.90 Å². The number of benzene rings is 3. The van der Waals surface area contributed by atoms with E-state index in [1.807, 2.05) is 54.6 Å². The zero-order valence-corrected chi connectivity index (χ0v) is 20.0. The molecule has 7 nitrogen and oxygen atoms in total. The summed E-state index contributed by atoms with van der Waals surface area (Å²) in [6, 6.07) is 29.3. The van der Waals surface area contributed by atoms with E-state index in [0.717, 1.165) is 30.4 Å². The topological polar surface area (TPSA) is 127 Å². The van der Waals surface area contributed by atoms with Crippen LogP contribution < -0.4 is 16.8 Å². The van der Waals surface area contributed by atoms with Crippen LogP contribution in [0.4, 0.5) is 11.8 Å². The number of anilines is 2. The van der Waals surface area contributed by atoms with E-state index in [-0.39, 0.29) is 18.4 Å². The van der Waals surface area contributed by atoms with Crippen molar-refractivity contribution in [3.8, 4) is 11.3 Å². The van der Waals surface area contributed by atoms with Gasteiger partial charge in [-0.1, -0.05) is 84.9 Å². The maximum absolute atomic E-state index is 11.0. The number of hydrogen-bond donors (Lipinski definition) is 4. The van der Waals surface area contributed by atoms with Crippen molar-refractivity contribution in [1.29, 1.82) is 0 Å². The largest absolute Gasteiger partial charge is 0.480 e. The van der Waals surface area contributed by atoms with Crippen molar-refractivity contribution in [2.45, 2.75) is 37.8 Å². The molecule has 2 unspecified atom stereocenters. The van der Waals surface area contributed by atoms with Crippen molar-refractivity contribution in [2.75, 3.05) is 11.1 Å². The molecule has 6 N–H and O–H groups in total. The van der Waals surface area contributed by atoms with Crippen LogP contribution in [0.15, 0.2) is 91.0 Å². The molecule has 36 heavy (non-hydrogen) atoms. The van der Waals surface area contributed by atoms with Crippen molar-refractivity contribution in [2.24, 2.45) is 5.73 Å². The van der Waals surface area contributed by atoms with Gasteiger partial charge in [0, 0.05) is 11.6 Å². The summed E-state index contributed by atoms with van der Waals surface area (Å²) in [5, 5.41) is 12.6. The van der Waals surface area contributed by atoms with E-state index in [1.165, 1.54) is 11.1 Å². The van der Waals surface area contributed by atoms with Crippen LogP contribution in [-0.4, -0.2) is 27.1 Å². The standard InChI is InChI=1S/C29H31N5O2/c30-24(28(35)36)18-21-14-16-23(17-15-21)26-19-27(34-29(31)33-26)32-25(22-11-5-2-6-12-22)13-7-10-20-8-3-1-4-9-20/h1-6,8-9,11-12,14-17,19,24-25H,7,10,13,18,30H2,(H,35,36)(H3,31,32,33,34). The highest BCUT2D eigenvalue weighted by molar-refractivity contribution is 5.73. The predicted molar refractivity (Wildman–Crippen MR) is 143 cm³/mol. The summed E-state index contributed by atoms with van der Waals surface area (Å²) in [7, 11) is 0. The van der Waals surface area contributed by atoms with Gasteiger partial charge in [-0.2, -0.15) is 4.98 Å². The highest BCUT2D eigenvalue weighted by Crippen LogP contribution is 2.27. The zero-order chi connectivity index (χ0) is 25.3. The summed E-state index contributed by atoms with van der Waals surface area (Å²) in [4.78, 5) is 19.9. The quantitative estimate of drug-likeness (QED) is 0.241. The normalized spacial score (nSPS) is 12.6. The SMILES string of the molecule is Nc1nc(NC(CCCc2ccccc2)c2ccccc2)cc(-c2ccc(CC(N)C(=O)O)cc2)n1. The first-order valence-corrected chi connectivity index (χ1v) is 12.1. The minimum Gasteiger partial charge on any atom is -0.480 e. The molecule has 0 bridgehead atoms. The lowest BCUT2D eigenvalue weighted by Crippen LogP contribution is -2.32. The van der Waals surface area contributed by atoms with Crippen molar-refractivity contribution in [3.05, 3.63) is 108 Å². The van der Waals surface area contributed by atoms with Crippen LogP contribution in [0.5, 0.6) is 0 Å². The molecule has 7 heteroatoms. The Morgan fingerprint density at radius 1 is 0.889 bits per heavy atom. The van der Waals surface area contributed by atoms with Gasteiger partial charge in [0.05, 0.1) is 11.7 Å². The summed E-state index contributed by atoms with van der Waals surface area (Å²) in [6.45, 7) is 0. The first-order chi connectivity index (χ1) is 17.5. The molecule has 0 aliphatic heterocycles. The number of carboxylic acid groups (broad SMARTS) is 1. The molecule has 184 valence electrons. The number of nitrogens with two attached hydrogens (primary N) is 2. The van der Waals surface area contributed by atoms with Crippen LogP contribution in [0.1, 0.15) is 35.6 Å². The number of nitrogen functional groups attached to an aromatic ring is 1. The molecule has 4 aromatic rings. The van der Waals surface area contributed by atoms with Gasteiger partial charge in [0.15, 0.2) is 0 Å². The smallest absolute Gasteiger partial charge is 0.320 e. The first-order valence-electron chi connectivity index (χ1n) is 12.1. The molecule has 2 atom stereocenters. The number of aliphatic carboxylic acids is 1. The van der Waals surface area contributed by atoms with Gasteiger partial charge in [0.25, 0.3) is 0 Å². The number of carbonyl (C=O) groups is 1. The molecule has 0 spiro atoms. The second-order valence-corrected chi connectivity index (χ2v) is 8.83. The Balaban J connectivity index is 1.50. The van der Waals surface area contributed by atoms with Gasteiger partial charge in [0.2, 0.25) is 5.95 Å². The maximum Gasteiger partial charge on any atom is 0.320 e. The lowest BCUT2D eigenvalue weighted by atomic mass is 9.99. The second-order valence-electron chi connectivity index (χ2n) is 8.83. The van der Waals surface area contributed by atoms with Gasteiger partial charge < -0.3 is 21.9 Å². The van der Waals surface area contributed by atoms with E-state index >= 15 is 0 Å². The fourth-order valence-electron chi connectivity index (χ4n) is 4.18.